The molecule has 2 rings (SSSR count). The predicted molar refractivity (Wildman–Crippen MR) is 89.0 cm³/mol. The molecule has 0 radical (unpaired) electrons. The third-order valence-electron chi connectivity index (χ3n) is 4.79. The summed E-state index contributed by atoms with van der Waals surface area (Å²) >= 11 is 6.02. The Hall–Kier alpha value is -0.860. The minimum Gasteiger partial charge on any atom is -0.299 e. The van der Waals surface area contributed by atoms with Gasteiger partial charge in [-0.15, -0.1) is 0 Å². The van der Waals surface area contributed by atoms with Gasteiger partial charge in [0.15, 0.2) is 5.78 Å². The molecule has 1 aromatic carbocycles. The highest BCUT2D eigenvalue weighted by Crippen LogP contribution is 2.48. The van der Waals surface area contributed by atoms with Gasteiger partial charge in [-0.3, -0.25) is 9.69 Å². The molecule has 0 aliphatic heterocycles. The van der Waals surface area contributed by atoms with Crippen LogP contribution in [-0.2, 0) is 10.2 Å². The molecule has 0 bridgehead atoms. The highest BCUT2D eigenvalue weighted by molar-refractivity contribution is 6.30. The van der Waals surface area contributed by atoms with E-state index in [-0.39, 0.29) is 11.5 Å². The van der Waals surface area contributed by atoms with Crippen molar-refractivity contribution in [1.29, 1.82) is 0 Å². The fraction of sp³-hybridized carbons (Fsp3) is 0.611. The number of hydrogen-bond acceptors (Lipinski definition) is 2. The van der Waals surface area contributed by atoms with Gasteiger partial charge in [0.05, 0.1) is 6.04 Å². The number of ketones is 1. The van der Waals surface area contributed by atoms with Gasteiger partial charge in [0, 0.05) is 16.9 Å². The summed E-state index contributed by atoms with van der Waals surface area (Å²) in [5.41, 5.74) is 1.25. The number of Topliss-reactive ketones (excluding diaryl/α,β-unsaturated/α-hetero) is 1. The molecule has 1 fully saturated rings. The van der Waals surface area contributed by atoms with Crippen molar-refractivity contribution in [2.24, 2.45) is 0 Å². The van der Waals surface area contributed by atoms with Crippen LogP contribution in [0.2, 0.25) is 5.02 Å². The molecule has 2 nitrogen and oxygen atoms in total. The van der Waals surface area contributed by atoms with Crippen molar-refractivity contribution < 1.29 is 4.79 Å². The molecule has 1 aliphatic rings. The normalized spacial score (nSPS) is 18.3. The summed E-state index contributed by atoms with van der Waals surface area (Å²) in [6.07, 6.45) is 6.13. The van der Waals surface area contributed by atoms with Gasteiger partial charge in [0.25, 0.3) is 0 Å². The standard InChI is InChI=1S/C18H26ClNO/c1-4-5-7-16(21)17(20(2)3)18(12-6-13-18)14-8-10-15(19)11-9-14/h8-11,17H,4-7,12-13H2,1-3H3. The second-order valence-corrected chi connectivity index (χ2v) is 6.89. The molecule has 1 aromatic rings. The summed E-state index contributed by atoms with van der Waals surface area (Å²) in [6, 6.07) is 8.08. The number of carbonyl (C=O) groups is 1. The van der Waals surface area contributed by atoms with Gasteiger partial charge in [-0.2, -0.15) is 0 Å². The van der Waals surface area contributed by atoms with Gasteiger partial charge in [-0.1, -0.05) is 43.5 Å². The van der Waals surface area contributed by atoms with E-state index in [1.54, 1.807) is 0 Å². The fourth-order valence-electron chi connectivity index (χ4n) is 3.64. The molecule has 0 N–H and O–H groups in total. The molecular formula is C18H26ClNO. The lowest BCUT2D eigenvalue weighted by Crippen LogP contribution is -2.56. The van der Waals surface area contributed by atoms with Crippen LogP contribution in [-0.4, -0.2) is 30.8 Å². The van der Waals surface area contributed by atoms with Crippen molar-refractivity contribution in [3.8, 4) is 0 Å². The number of hydrogen-bond donors (Lipinski definition) is 0. The van der Waals surface area contributed by atoms with E-state index >= 15 is 0 Å². The number of unbranched alkanes of at least 4 members (excludes halogenated alkanes) is 1. The first-order valence-corrected chi connectivity index (χ1v) is 8.34. The maximum atomic E-state index is 12.8. The van der Waals surface area contributed by atoms with E-state index < -0.39 is 0 Å². The first-order valence-electron chi connectivity index (χ1n) is 7.96. The highest BCUT2D eigenvalue weighted by atomic mass is 35.5. The Morgan fingerprint density at radius 2 is 1.90 bits per heavy atom. The van der Waals surface area contributed by atoms with Crippen molar-refractivity contribution in [1.82, 2.24) is 4.90 Å². The van der Waals surface area contributed by atoms with Crippen molar-refractivity contribution in [2.45, 2.75) is 56.9 Å². The second kappa shape index (κ2) is 6.93. The molecule has 0 amide bonds. The van der Waals surface area contributed by atoms with E-state index in [9.17, 15) is 4.79 Å². The summed E-state index contributed by atoms with van der Waals surface area (Å²) in [7, 11) is 4.06. The topological polar surface area (TPSA) is 20.3 Å². The summed E-state index contributed by atoms with van der Waals surface area (Å²) in [6.45, 7) is 2.14. The van der Waals surface area contributed by atoms with Crippen LogP contribution in [0.25, 0.3) is 0 Å². The minimum atomic E-state index is -0.0150. The van der Waals surface area contributed by atoms with Gasteiger partial charge in [0.2, 0.25) is 0 Å². The van der Waals surface area contributed by atoms with Crippen LogP contribution in [0.5, 0.6) is 0 Å². The molecule has 0 aromatic heterocycles. The lowest BCUT2D eigenvalue weighted by atomic mass is 9.58. The van der Waals surface area contributed by atoms with Crippen LogP contribution in [0, 0.1) is 0 Å². The molecule has 3 heteroatoms. The first-order chi connectivity index (χ1) is 10.0. The summed E-state index contributed by atoms with van der Waals surface area (Å²) < 4.78 is 0. The SMILES string of the molecule is CCCCC(=O)C(N(C)C)C1(c2ccc(Cl)cc2)CCC1. The average molecular weight is 308 g/mol. The van der Waals surface area contributed by atoms with Crippen LogP contribution in [0.4, 0.5) is 0 Å². The van der Waals surface area contributed by atoms with Gasteiger partial charge in [0.1, 0.15) is 0 Å². The van der Waals surface area contributed by atoms with E-state index in [2.05, 4.69) is 24.0 Å². The van der Waals surface area contributed by atoms with Gasteiger partial charge >= 0.3 is 0 Å². The number of halogens is 1. The van der Waals surface area contributed by atoms with E-state index in [1.165, 1.54) is 12.0 Å². The zero-order chi connectivity index (χ0) is 15.5. The summed E-state index contributed by atoms with van der Waals surface area (Å²) in [5, 5.41) is 0.756. The molecule has 0 spiro atoms. The van der Waals surface area contributed by atoms with Crippen LogP contribution in [0.15, 0.2) is 24.3 Å². The van der Waals surface area contributed by atoms with Gasteiger partial charge in [-0.25, -0.2) is 0 Å². The van der Waals surface area contributed by atoms with Crippen LogP contribution in [0.1, 0.15) is 51.0 Å². The number of rotatable bonds is 7. The van der Waals surface area contributed by atoms with Crippen molar-refractivity contribution >= 4 is 17.4 Å². The quantitative estimate of drug-likeness (QED) is 0.741. The van der Waals surface area contributed by atoms with Crippen molar-refractivity contribution in [3.63, 3.8) is 0 Å². The lowest BCUT2D eigenvalue weighted by molar-refractivity contribution is -0.127. The monoisotopic (exact) mass is 307 g/mol. The Bertz CT molecular complexity index is 476. The maximum absolute atomic E-state index is 12.8. The number of nitrogens with zero attached hydrogens (tertiary/aromatic N) is 1. The Kier molecular flexibility index (Phi) is 5.45. The Labute approximate surface area is 133 Å². The van der Waals surface area contributed by atoms with Crippen LogP contribution in [0.3, 0.4) is 0 Å². The Morgan fingerprint density at radius 1 is 1.29 bits per heavy atom. The lowest BCUT2D eigenvalue weighted by Gasteiger charge is -2.50. The highest BCUT2D eigenvalue weighted by Gasteiger charge is 2.49. The molecule has 0 saturated heterocycles. The van der Waals surface area contributed by atoms with E-state index in [1.807, 2.05) is 26.2 Å². The number of benzene rings is 1. The smallest absolute Gasteiger partial charge is 0.150 e. The second-order valence-electron chi connectivity index (χ2n) is 6.45. The summed E-state index contributed by atoms with van der Waals surface area (Å²) in [5.74, 6) is 0.386. The largest absolute Gasteiger partial charge is 0.299 e. The molecule has 116 valence electrons. The van der Waals surface area contributed by atoms with E-state index in [4.69, 9.17) is 11.6 Å². The molecule has 0 heterocycles. The van der Waals surface area contributed by atoms with Gasteiger partial charge < -0.3 is 0 Å². The fourth-order valence-corrected chi connectivity index (χ4v) is 3.76. The zero-order valence-electron chi connectivity index (χ0n) is 13.4. The first kappa shape index (κ1) is 16.5. The molecule has 1 aliphatic carbocycles. The number of likely N-dealkylation sites (N-methyl/N-ethyl adjacent to an activating group) is 1. The molecular weight excluding hydrogens is 282 g/mol. The van der Waals surface area contributed by atoms with E-state index in [0.29, 0.717) is 12.2 Å². The third-order valence-corrected chi connectivity index (χ3v) is 5.04. The molecule has 21 heavy (non-hydrogen) atoms. The van der Waals surface area contributed by atoms with Crippen molar-refractivity contribution in [3.05, 3.63) is 34.9 Å². The van der Waals surface area contributed by atoms with Gasteiger partial charge in [-0.05, 0) is 51.1 Å². The van der Waals surface area contributed by atoms with Crippen molar-refractivity contribution in [2.75, 3.05) is 14.1 Å². The van der Waals surface area contributed by atoms with Crippen LogP contribution >= 0.6 is 11.6 Å². The molecule has 1 saturated carbocycles. The average Bonchev–Trinajstić information content (AvgIpc) is 2.40. The predicted octanol–water partition coefficient (Wildman–Crippen LogP) is 4.45. The maximum Gasteiger partial charge on any atom is 0.150 e. The molecule has 1 unspecified atom stereocenters. The van der Waals surface area contributed by atoms with Crippen LogP contribution < -0.4 is 0 Å². The summed E-state index contributed by atoms with van der Waals surface area (Å²) in [4.78, 5) is 14.9. The Morgan fingerprint density at radius 3 is 2.33 bits per heavy atom. The zero-order valence-corrected chi connectivity index (χ0v) is 14.1. The minimum absolute atomic E-state index is 0.0148. The molecule has 1 atom stereocenters. The number of carbonyl (C=O) groups excluding carboxylic acids is 1. The Balaban J connectivity index is 2.31. The third kappa shape index (κ3) is 3.32. The van der Waals surface area contributed by atoms with E-state index in [0.717, 1.165) is 30.7 Å².